The van der Waals surface area contributed by atoms with Gasteiger partial charge in [-0.15, -0.1) is 11.6 Å². The highest BCUT2D eigenvalue weighted by atomic mass is 35.5. The molecule has 3 rings (SSSR count). The molecule has 2 nitrogen and oxygen atoms in total. The zero-order chi connectivity index (χ0) is 13.6. The van der Waals surface area contributed by atoms with E-state index in [1.807, 2.05) is 25.1 Å². The lowest BCUT2D eigenvalue weighted by molar-refractivity contribution is 0.137. The highest BCUT2D eigenvalue weighted by Crippen LogP contribution is 2.46. The molecule has 102 valence electrons. The van der Waals surface area contributed by atoms with Gasteiger partial charge in [0.1, 0.15) is 5.82 Å². The van der Waals surface area contributed by atoms with E-state index in [-0.39, 0.29) is 10.9 Å². The predicted molar refractivity (Wildman–Crippen MR) is 81.1 cm³/mol. The van der Waals surface area contributed by atoms with Gasteiger partial charge in [0.2, 0.25) is 0 Å². The predicted octanol–water partition coefficient (Wildman–Crippen LogP) is 5.28. The number of nitrogens with zero attached hydrogens (tertiary/aromatic N) is 2. The molecule has 19 heavy (non-hydrogen) atoms. The van der Waals surface area contributed by atoms with Crippen molar-refractivity contribution in [3.05, 3.63) is 29.0 Å². The zero-order valence-electron chi connectivity index (χ0n) is 11.3. The van der Waals surface area contributed by atoms with Crippen molar-refractivity contribution in [3.8, 4) is 0 Å². The molecule has 0 saturated heterocycles. The van der Waals surface area contributed by atoms with E-state index in [4.69, 9.17) is 28.2 Å². The molecular weight excluding hydrogens is 279 g/mol. The van der Waals surface area contributed by atoms with Crippen LogP contribution in [0.25, 0.3) is 11.0 Å². The lowest BCUT2D eigenvalue weighted by atomic mass is 9.74. The molecular formula is C15H18Cl2N2. The van der Waals surface area contributed by atoms with Crippen LogP contribution in [0.1, 0.15) is 50.7 Å². The van der Waals surface area contributed by atoms with Crippen LogP contribution in [0.2, 0.25) is 5.02 Å². The van der Waals surface area contributed by atoms with Gasteiger partial charge in [0, 0.05) is 5.54 Å². The zero-order valence-corrected chi connectivity index (χ0v) is 12.8. The summed E-state index contributed by atoms with van der Waals surface area (Å²) in [5.41, 5.74) is 2.17. The molecule has 0 spiro atoms. The van der Waals surface area contributed by atoms with Crippen molar-refractivity contribution < 1.29 is 0 Å². The number of aromatic nitrogens is 2. The molecule has 2 aromatic rings. The van der Waals surface area contributed by atoms with Gasteiger partial charge >= 0.3 is 0 Å². The third-order valence-corrected chi connectivity index (χ3v) is 4.93. The number of fused-ring (bicyclic) bond motifs is 1. The smallest absolute Gasteiger partial charge is 0.128 e. The minimum atomic E-state index is -0.104. The van der Waals surface area contributed by atoms with Gasteiger partial charge < -0.3 is 4.57 Å². The van der Waals surface area contributed by atoms with Crippen LogP contribution in [0.15, 0.2) is 18.2 Å². The molecule has 1 aromatic carbocycles. The topological polar surface area (TPSA) is 17.8 Å². The van der Waals surface area contributed by atoms with E-state index in [1.165, 1.54) is 19.3 Å². The largest absolute Gasteiger partial charge is 0.319 e. The number of alkyl halides is 1. The molecule has 1 atom stereocenters. The molecule has 0 N–H and O–H groups in total. The highest BCUT2D eigenvalue weighted by molar-refractivity contribution is 6.35. The molecule has 1 heterocycles. The second-order valence-electron chi connectivity index (χ2n) is 5.46. The Labute approximate surface area is 123 Å². The van der Waals surface area contributed by atoms with Crippen LogP contribution < -0.4 is 0 Å². The second kappa shape index (κ2) is 4.68. The summed E-state index contributed by atoms with van der Waals surface area (Å²) in [5.74, 6) is 0.950. The molecule has 1 aliphatic carbocycles. The third-order valence-electron chi connectivity index (χ3n) is 4.43. The fourth-order valence-electron chi connectivity index (χ4n) is 3.17. The van der Waals surface area contributed by atoms with E-state index >= 15 is 0 Å². The summed E-state index contributed by atoms with van der Waals surface area (Å²) >= 11 is 12.8. The maximum Gasteiger partial charge on any atom is 0.128 e. The summed E-state index contributed by atoms with van der Waals surface area (Å²) in [5, 5.41) is 0.667. The number of imidazole rings is 1. The molecule has 1 saturated carbocycles. The number of hydrogen-bond donors (Lipinski definition) is 0. The Balaban J connectivity index is 2.33. The molecule has 0 aliphatic heterocycles. The van der Waals surface area contributed by atoms with Crippen LogP contribution in [0.5, 0.6) is 0 Å². The fourth-order valence-corrected chi connectivity index (χ4v) is 3.57. The maximum absolute atomic E-state index is 6.42. The first-order chi connectivity index (χ1) is 9.09. The fraction of sp³-hybridized carbons (Fsp3) is 0.533. The van der Waals surface area contributed by atoms with Gasteiger partial charge in [0.05, 0.1) is 21.4 Å². The SMILES string of the molecule is CCC1(n2c(C(C)Cl)nc3cccc(Cl)c32)CCC1. The minimum absolute atomic E-state index is 0.104. The van der Waals surface area contributed by atoms with Crippen LogP contribution >= 0.6 is 23.2 Å². The van der Waals surface area contributed by atoms with Crippen LogP contribution in [-0.2, 0) is 5.54 Å². The van der Waals surface area contributed by atoms with Crippen LogP contribution in [0.3, 0.4) is 0 Å². The van der Waals surface area contributed by atoms with Crippen molar-refractivity contribution in [3.63, 3.8) is 0 Å². The average molecular weight is 297 g/mol. The van der Waals surface area contributed by atoms with Crippen molar-refractivity contribution >= 4 is 34.2 Å². The second-order valence-corrected chi connectivity index (χ2v) is 6.52. The summed E-state index contributed by atoms with van der Waals surface area (Å²) < 4.78 is 2.33. The van der Waals surface area contributed by atoms with E-state index in [2.05, 4.69) is 11.5 Å². The van der Waals surface area contributed by atoms with Crippen molar-refractivity contribution in [2.45, 2.75) is 50.4 Å². The Hall–Kier alpha value is -0.730. The van der Waals surface area contributed by atoms with Gasteiger partial charge in [-0.3, -0.25) is 0 Å². The molecule has 1 aromatic heterocycles. The van der Waals surface area contributed by atoms with Crippen LogP contribution in [-0.4, -0.2) is 9.55 Å². The number of hydrogen-bond acceptors (Lipinski definition) is 1. The molecule has 1 unspecified atom stereocenters. The average Bonchev–Trinajstić information content (AvgIpc) is 2.70. The third kappa shape index (κ3) is 1.88. The monoisotopic (exact) mass is 296 g/mol. The Morgan fingerprint density at radius 3 is 2.68 bits per heavy atom. The summed E-state index contributed by atoms with van der Waals surface area (Å²) in [6.07, 6.45) is 4.75. The van der Waals surface area contributed by atoms with E-state index in [1.54, 1.807) is 0 Å². The van der Waals surface area contributed by atoms with Crippen molar-refractivity contribution in [1.29, 1.82) is 0 Å². The van der Waals surface area contributed by atoms with Gasteiger partial charge in [-0.1, -0.05) is 24.6 Å². The number of rotatable bonds is 3. The Bertz CT molecular complexity index is 606. The van der Waals surface area contributed by atoms with Crippen molar-refractivity contribution in [2.24, 2.45) is 0 Å². The molecule has 0 radical (unpaired) electrons. The first-order valence-corrected chi connectivity index (χ1v) is 7.72. The summed E-state index contributed by atoms with van der Waals surface area (Å²) in [7, 11) is 0. The van der Waals surface area contributed by atoms with Crippen LogP contribution in [0.4, 0.5) is 0 Å². The van der Waals surface area contributed by atoms with E-state index < -0.39 is 0 Å². The number of para-hydroxylation sites is 1. The maximum atomic E-state index is 6.42. The first kappa shape index (κ1) is 13.3. The number of halogens is 2. The van der Waals surface area contributed by atoms with Gasteiger partial charge in [-0.25, -0.2) is 4.98 Å². The van der Waals surface area contributed by atoms with E-state index in [0.717, 1.165) is 28.3 Å². The van der Waals surface area contributed by atoms with Gasteiger partial charge in [-0.05, 0) is 44.7 Å². The van der Waals surface area contributed by atoms with E-state index in [9.17, 15) is 0 Å². The first-order valence-electron chi connectivity index (χ1n) is 6.90. The van der Waals surface area contributed by atoms with E-state index in [0.29, 0.717) is 0 Å². The standard InChI is InChI=1S/C15H18Cl2N2/c1-3-15(8-5-9-15)19-13-11(17)6-4-7-12(13)18-14(19)10(2)16/h4,6-7,10H,3,5,8-9H2,1-2H3. The normalized spacial score (nSPS) is 19.4. The molecule has 1 aliphatic rings. The molecule has 0 amide bonds. The minimum Gasteiger partial charge on any atom is -0.319 e. The Morgan fingerprint density at radius 2 is 2.16 bits per heavy atom. The lowest BCUT2D eigenvalue weighted by Gasteiger charge is -2.44. The highest BCUT2D eigenvalue weighted by Gasteiger charge is 2.40. The summed E-state index contributed by atoms with van der Waals surface area (Å²) in [4.78, 5) is 4.72. The molecule has 1 fully saturated rings. The number of benzene rings is 1. The summed E-state index contributed by atoms with van der Waals surface area (Å²) in [6, 6.07) is 5.90. The lowest BCUT2D eigenvalue weighted by Crippen LogP contribution is -2.41. The Kier molecular flexibility index (Phi) is 3.26. The van der Waals surface area contributed by atoms with Gasteiger partial charge in [0.25, 0.3) is 0 Å². The quantitative estimate of drug-likeness (QED) is 0.705. The summed E-state index contributed by atoms with van der Waals surface area (Å²) in [6.45, 7) is 4.22. The molecule has 4 heteroatoms. The Morgan fingerprint density at radius 1 is 1.42 bits per heavy atom. The van der Waals surface area contributed by atoms with Crippen molar-refractivity contribution in [2.75, 3.05) is 0 Å². The molecule has 0 bridgehead atoms. The van der Waals surface area contributed by atoms with Gasteiger partial charge in [0.15, 0.2) is 0 Å². The van der Waals surface area contributed by atoms with Crippen molar-refractivity contribution in [1.82, 2.24) is 9.55 Å². The van der Waals surface area contributed by atoms with Crippen LogP contribution in [0, 0.1) is 0 Å². The van der Waals surface area contributed by atoms with Gasteiger partial charge in [-0.2, -0.15) is 0 Å².